The van der Waals surface area contributed by atoms with Crippen LogP contribution in [0.4, 0.5) is 0 Å². The molecule has 3 fully saturated rings. The minimum atomic E-state index is -0.194. The minimum absolute atomic E-state index is 0.178. The lowest BCUT2D eigenvalue weighted by Crippen LogP contribution is -2.55. The maximum Gasteiger partial charge on any atom is 0.251 e. The van der Waals surface area contributed by atoms with Gasteiger partial charge in [0.25, 0.3) is 5.91 Å². The first-order valence-corrected chi connectivity index (χ1v) is 9.64. The first-order valence-electron chi connectivity index (χ1n) is 9.64. The van der Waals surface area contributed by atoms with Crippen LogP contribution in [0.1, 0.15) is 44.9 Å². The van der Waals surface area contributed by atoms with Gasteiger partial charge < -0.3 is 19.9 Å². The van der Waals surface area contributed by atoms with Crippen molar-refractivity contribution in [2.45, 2.75) is 51.0 Å². The Morgan fingerprint density at radius 1 is 1.04 bits per heavy atom. The van der Waals surface area contributed by atoms with E-state index in [9.17, 15) is 4.79 Å². The maximum atomic E-state index is 12.4. The highest BCUT2D eigenvalue weighted by Crippen LogP contribution is 2.23. The predicted octanol–water partition coefficient (Wildman–Crippen LogP) is 1.47. The lowest BCUT2D eigenvalue weighted by atomic mass is 9.89. The molecule has 24 heavy (non-hydrogen) atoms. The van der Waals surface area contributed by atoms with Gasteiger partial charge in [0.15, 0.2) is 5.96 Å². The molecule has 1 N–H and O–H groups in total. The van der Waals surface area contributed by atoms with Crippen molar-refractivity contribution >= 4 is 11.9 Å². The number of hydrogen-bond acceptors (Lipinski definition) is 3. The second kappa shape index (κ2) is 8.70. The molecule has 0 spiro atoms. The van der Waals surface area contributed by atoms with Crippen LogP contribution in [0.5, 0.6) is 0 Å². The Kier molecular flexibility index (Phi) is 6.35. The van der Waals surface area contributed by atoms with Gasteiger partial charge in [0, 0.05) is 46.4 Å². The second-order valence-electron chi connectivity index (χ2n) is 7.25. The van der Waals surface area contributed by atoms with Gasteiger partial charge in [0.2, 0.25) is 0 Å². The van der Waals surface area contributed by atoms with Crippen molar-refractivity contribution in [3.63, 3.8) is 0 Å². The van der Waals surface area contributed by atoms with E-state index in [0.717, 1.165) is 64.0 Å². The summed E-state index contributed by atoms with van der Waals surface area (Å²) in [5.41, 5.74) is 0. The molecule has 136 valence electrons. The summed E-state index contributed by atoms with van der Waals surface area (Å²) >= 11 is 0. The lowest BCUT2D eigenvalue weighted by molar-refractivity contribution is -0.142. The lowest BCUT2D eigenvalue weighted by Gasteiger charge is -2.37. The summed E-state index contributed by atoms with van der Waals surface area (Å²) in [7, 11) is 1.85. The molecule has 0 radical (unpaired) electrons. The molecule has 2 saturated heterocycles. The molecule has 1 amide bonds. The van der Waals surface area contributed by atoms with E-state index in [1.54, 1.807) is 0 Å². The smallest absolute Gasteiger partial charge is 0.251 e. The van der Waals surface area contributed by atoms with Crippen LogP contribution in [0.2, 0.25) is 0 Å². The zero-order valence-electron chi connectivity index (χ0n) is 15.0. The van der Waals surface area contributed by atoms with Crippen molar-refractivity contribution < 1.29 is 9.53 Å². The molecule has 1 atom stereocenters. The molecule has 0 aromatic heterocycles. The van der Waals surface area contributed by atoms with Crippen LogP contribution < -0.4 is 5.32 Å². The number of hydrogen-bond donors (Lipinski definition) is 1. The summed E-state index contributed by atoms with van der Waals surface area (Å²) in [5.74, 6) is 1.96. The molecule has 2 aliphatic heterocycles. The largest absolute Gasteiger partial charge is 0.368 e. The van der Waals surface area contributed by atoms with E-state index in [4.69, 9.17) is 4.74 Å². The van der Waals surface area contributed by atoms with Crippen LogP contribution >= 0.6 is 0 Å². The summed E-state index contributed by atoms with van der Waals surface area (Å²) < 4.78 is 5.53. The summed E-state index contributed by atoms with van der Waals surface area (Å²) in [6.07, 6.45) is 8.51. The van der Waals surface area contributed by atoms with Gasteiger partial charge in [0.1, 0.15) is 6.10 Å². The number of guanidine groups is 1. The highest BCUT2D eigenvalue weighted by molar-refractivity contribution is 5.82. The van der Waals surface area contributed by atoms with Gasteiger partial charge in [-0.25, -0.2) is 0 Å². The van der Waals surface area contributed by atoms with Gasteiger partial charge in [-0.15, -0.1) is 0 Å². The second-order valence-corrected chi connectivity index (χ2v) is 7.25. The van der Waals surface area contributed by atoms with Gasteiger partial charge in [-0.1, -0.05) is 19.3 Å². The summed E-state index contributed by atoms with van der Waals surface area (Å²) in [4.78, 5) is 21.1. The molecule has 0 aromatic rings. The molecule has 0 bridgehead atoms. The van der Waals surface area contributed by atoms with Gasteiger partial charge >= 0.3 is 0 Å². The number of piperazine rings is 1. The zero-order valence-corrected chi connectivity index (χ0v) is 15.0. The SMILES string of the molecule is CN=C(NCC1CCCCC1)N1CCN(C(=O)C2CCCO2)CC1. The van der Waals surface area contributed by atoms with Crippen molar-refractivity contribution in [3.8, 4) is 0 Å². The Morgan fingerprint density at radius 3 is 2.38 bits per heavy atom. The van der Waals surface area contributed by atoms with Crippen molar-refractivity contribution in [2.75, 3.05) is 46.4 Å². The molecule has 6 heteroatoms. The zero-order chi connectivity index (χ0) is 16.8. The van der Waals surface area contributed by atoms with E-state index >= 15 is 0 Å². The fraction of sp³-hybridized carbons (Fsp3) is 0.889. The summed E-state index contributed by atoms with van der Waals surface area (Å²) in [5, 5.41) is 3.56. The van der Waals surface area contributed by atoms with Crippen LogP contribution in [0.25, 0.3) is 0 Å². The average Bonchev–Trinajstić information content (AvgIpc) is 3.18. The number of carbonyl (C=O) groups is 1. The van der Waals surface area contributed by atoms with Crippen LogP contribution in [0, 0.1) is 5.92 Å². The monoisotopic (exact) mass is 336 g/mol. The predicted molar refractivity (Wildman–Crippen MR) is 95.1 cm³/mol. The first-order chi connectivity index (χ1) is 11.8. The summed E-state index contributed by atoms with van der Waals surface area (Å²) in [6, 6.07) is 0. The number of nitrogens with zero attached hydrogens (tertiary/aromatic N) is 3. The fourth-order valence-electron chi connectivity index (χ4n) is 4.07. The third-order valence-electron chi connectivity index (χ3n) is 5.58. The molecule has 1 aliphatic carbocycles. The number of ether oxygens (including phenoxy) is 1. The van der Waals surface area contributed by atoms with Crippen LogP contribution in [0.15, 0.2) is 4.99 Å². The molecule has 6 nitrogen and oxygen atoms in total. The molecular weight excluding hydrogens is 304 g/mol. The van der Waals surface area contributed by atoms with Gasteiger partial charge in [0.05, 0.1) is 0 Å². The van der Waals surface area contributed by atoms with Crippen molar-refractivity contribution in [3.05, 3.63) is 0 Å². The molecular formula is C18H32N4O2. The Morgan fingerprint density at radius 2 is 1.75 bits per heavy atom. The number of nitrogens with one attached hydrogen (secondary N) is 1. The van der Waals surface area contributed by atoms with E-state index in [-0.39, 0.29) is 12.0 Å². The Balaban J connectivity index is 1.43. The van der Waals surface area contributed by atoms with Crippen LogP contribution in [0.3, 0.4) is 0 Å². The van der Waals surface area contributed by atoms with E-state index in [1.165, 1.54) is 32.1 Å². The van der Waals surface area contributed by atoms with E-state index in [0.29, 0.717) is 0 Å². The van der Waals surface area contributed by atoms with E-state index in [2.05, 4.69) is 15.2 Å². The normalized spacial score (nSPS) is 26.7. The van der Waals surface area contributed by atoms with Crippen molar-refractivity contribution in [1.82, 2.24) is 15.1 Å². The number of carbonyl (C=O) groups excluding carboxylic acids is 1. The third-order valence-corrected chi connectivity index (χ3v) is 5.58. The van der Waals surface area contributed by atoms with E-state index in [1.807, 2.05) is 11.9 Å². The Hall–Kier alpha value is -1.30. The quantitative estimate of drug-likeness (QED) is 0.626. The standard InChI is InChI=1S/C18H32N4O2/c1-19-18(20-14-15-6-3-2-4-7-15)22-11-9-21(10-12-22)17(23)16-8-5-13-24-16/h15-16H,2-14H2,1H3,(H,19,20). The van der Waals surface area contributed by atoms with Crippen molar-refractivity contribution in [1.29, 1.82) is 0 Å². The third kappa shape index (κ3) is 4.41. The highest BCUT2D eigenvalue weighted by atomic mass is 16.5. The first kappa shape index (κ1) is 17.5. The van der Waals surface area contributed by atoms with Crippen LogP contribution in [-0.4, -0.2) is 74.1 Å². The fourth-order valence-corrected chi connectivity index (χ4v) is 4.07. The molecule has 0 aromatic carbocycles. The molecule has 1 saturated carbocycles. The average molecular weight is 336 g/mol. The topological polar surface area (TPSA) is 57.2 Å². The molecule has 3 aliphatic rings. The molecule has 1 unspecified atom stereocenters. The van der Waals surface area contributed by atoms with Gasteiger partial charge in [-0.2, -0.15) is 0 Å². The Bertz CT molecular complexity index is 434. The van der Waals surface area contributed by atoms with Gasteiger partial charge in [-0.05, 0) is 31.6 Å². The number of aliphatic imine (C=N–C) groups is 1. The molecule has 2 heterocycles. The molecule has 3 rings (SSSR count). The van der Waals surface area contributed by atoms with Gasteiger partial charge in [-0.3, -0.25) is 9.79 Å². The van der Waals surface area contributed by atoms with E-state index < -0.39 is 0 Å². The highest BCUT2D eigenvalue weighted by Gasteiger charge is 2.31. The summed E-state index contributed by atoms with van der Waals surface area (Å²) in [6.45, 7) is 4.99. The Labute approximate surface area is 145 Å². The number of amides is 1. The number of rotatable bonds is 3. The van der Waals surface area contributed by atoms with Crippen LogP contribution in [-0.2, 0) is 9.53 Å². The minimum Gasteiger partial charge on any atom is -0.368 e. The van der Waals surface area contributed by atoms with Crippen molar-refractivity contribution in [2.24, 2.45) is 10.9 Å². The maximum absolute atomic E-state index is 12.4.